The highest BCUT2D eigenvalue weighted by Gasteiger charge is 2.51. The molecule has 0 fully saturated rings. The van der Waals surface area contributed by atoms with Gasteiger partial charge in [0.15, 0.2) is 17.5 Å². The Kier molecular flexibility index (Phi) is 7.70. The van der Waals surface area contributed by atoms with Crippen LogP contribution in [-0.4, -0.2) is 15.0 Å². The van der Waals surface area contributed by atoms with Crippen LogP contribution in [0.3, 0.4) is 0 Å². The summed E-state index contributed by atoms with van der Waals surface area (Å²) in [6, 6.07) is 69.0. The van der Waals surface area contributed by atoms with Gasteiger partial charge in [0.25, 0.3) is 0 Å². The number of rotatable bonds is 5. The summed E-state index contributed by atoms with van der Waals surface area (Å²) < 4.78 is 6.66. The predicted octanol–water partition coefficient (Wildman–Crippen LogP) is 12.5. The number of fused-ring (bicyclic) bond motifs is 9. The van der Waals surface area contributed by atoms with Gasteiger partial charge >= 0.3 is 0 Å². The summed E-state index contributed by atoms with van der Waals surface area (Å²) in [4.78, 5) is 15.5. The van der Waals surface area contributed by atoms with E-state index in [1.165, 1.54) is 0 Å². The quantitative estimate of drug-likeness (QED) is 0.176. The van der Waals surface area contributed by atoms with Crippen LogP contribution in [0.1, 0.15) is 27.8 Å². The van der Waals surface area contributed by atoms with Gasteiger partial charge in [-0.05, 0) is 80.9 Å². The fourth-order valence-corrected chi connectivity index (χ4v) is 8.86. The third-order valence-electron chi connectivity index (χ3n) is 11.5. The number of benzene rings is 8. The summed E-state index contributed by atoms with van der Waals surface area (Å²) in [6.45, 7) is 0. The monoisotopic (exact) mass is 740 g/mol. The number of nitriles is 1. The van der Waals surface area contributed by atoms with Crippen molar-refractivity contribution >= 4 is 0 Å². The lowest BCUT2D eigenvalue weighted by atomic mass is 9.65. The highest BCUT2D eigenvalue weighted by molar-refractivity contribution is 5.92. The van der Waals surface area contributed by atoms with Crippen LogP contribution in [-0.2, 0) is 5.41 Å². The van der Waals surface area contributed by atoms with Crippen molar-refractivity contribution in [3.05, 3.63) is 222 Å². The average Bonchev–Trinajstić information content (AvgIpc) is 3.58. The first-order valence-corrected chi connectivity index (χ1v) is 19.3. The molecule has 0 saturated heterocycles. The molecule has 1 aliphatic carbocycles. The molecular formula is C53H32N4O. The maximum absolute atomic E-state index is 10.1. The fourth-order valence-electron chi connectivity index (χ4n) is 8.86. The molecular weight excluding hydrogens is 709 g/mol. The lowest BCUT2D eigenvalue weighted by Gasteiger charge is -2.39. The van der Waals surface area contributed by atoms with E-state index in [0.29, 0.717) is 23.0 Å². The van der Waals surface area contributed by atoms with Gasteiger partial charge < -0.3 is 4.74 Å². The Balaban J connectivity index is 1.16. The lowest BCUT2D eigenvalue weighted by molar-refractivity contribution is 0.436. The third-order valence-corrected chi connectivity index (χ3v) is 11.5. The second-order valence-corrected chi connectivity index (χ2v) is 14.6. The Hall–Kier alpha value is -7.94. The van der Waals surface area contributed by atoms with Crippen LogP contribution >= 0.6 is 0 Å². The molecule has 9 aromatic rings. The lowest BCUT2D eigenvalue weighted by Crippen LogP contribution is -2.32. The Bertz CT molecular complexity index is 3070. The first-order chi connectivity index (χ1) is 28.7. The van der Waals surface area contributed by atoms with E-state index < -0.39 is 5.41 Å². The van der Waals surface area contributed by atoms with Crippen molar-refractivity contribution in [1.82, 2.24) is 15.0 Å². The number of aromatic nitrogens is 3. The van der Waals surface area contributed by atoms with Crippen LogP contribution in [0.2, 0.25) is 0 Å². The largest absolute Gasteiger partial charge is 0.457 e. The Morgan fingerprint density at radius 1 is 0.362 bits per heavy atom. The molecule has 0 saturated carbocycles. The maximum Gasteiger partial charge on any atom is 0.164 e. The minimum absolute atomic E-state index is 0.583. The molecule has 0 atom stereocenters. The van der Waals surface area contributed by atoms with Crippen LogP contribution in [0.4, 0.5) is 0 Å². The van der Waals surface area contributed by atoms with Crippen molar-refractivity contribution in [1.29, 1.82) is 5.26 Å². The van der Waals surface area contributed by atoms with Crippen molar-refractivity contribution < 1.29 is 4.74 Å². The van der Waals surface area contributed by atoms with Crippen LogP contribution < -0.4 is 4.74 Å². The van der Waals surface area contributed by atoms with Crippen molar-refractivity contribution in [3.8, 4) is 85.1 Å². The molecule has 5 nitrogen and oxygen atoms in total. The summed E-state index contributed by atoms with van der Waals surface area (Å²) in [5.41, 5.74) is 13.3. The summed E-state index contributed by atoms with van der Waals surface area (Å²) in [5, 5.41) is 10.1. The molecule has 1 aromatic heterocycles. The molecule has 0 N–H and O–H groups in total. The SMILES string of the molecule is N#Cc1ccccc1-c1ccc2c(c1)C1(c3ccccc3Oc3ccccc31)c1cc(-c3nc(-c4ccccc4)nc(-c4cccc(-c5ccccc5)c4)n3)ccc1-2. The molecule has 0 bridgehead atoms. The van der Waals surface area contributed by atoms with E-state index in [1.807, 2.05) is 72.8 Å². The topological polar surface area (TPSA) is 71.7 Å². The fraction of sp³-hybridized carbons (Fsp3) is 0.0189. The van der Waals surface area contributed by atoms with Crippen LogP contribution in [0, 0.1) is 11.3 Å². The smallest absolute Gasteiger partial charge is 0.164 e. The minimum atomic E-state index is -0.744. The van der Waals surface area contributed by atoms with Gasteiger partial charge in [0.1, 0.15) is 11.5 Å². The molecule has 5 heteroatoms. The maximum atomic E-state index is 10.1. The van der Waals surface area contributed by atoms with Gasteiger partial charge in [-0.3, -0.25) is 0 Å². The number of nitrogens with zero attached hydrogens (tertiary/aromatic N) is 4. The van der Waals surface area contributed by atoms with Gasteiger partial charge in [-0.2, -0.15) is 5.26 Å². The molecule has 0 amide bonds. The van der Waals surface area contributed by atoms with Crippen molar-refractivity contribution in [3.63, 3.8) is 0 Å². The van der Waals surface area contributed by atoms with E-state index in [2.05, 4.69) is 127 Å². The molecule has 2 heterocycles. The van der Waals surface area contributed by atoms with E-state index in [1.54, 1.807) is 0 Å². The van der Waals surface area contributed by atoms with Crippen molar-refractivity contribution in [2.24, 2.45) is 0 Å². The summed E-state index contributed by atoms with van der Waals surface area (Å²) in [5.74, 6) is 3.40. The molecule has 1 spiro atoms. The normalized spacial score (nSPS) is 12.7. The van der Waals surface area contributed by atoms with Gasteiger partial charge in [-0.15, -0.1) is 0 Å². The molecule has 8 aromatic carbocycles. The second kappa shape index (κ2) is 13.4. The van der Waals surface area contributed by atoms with E-state index in [9.17, 15) is 5.26 Å². The average molecular weight is 741 g/mol. The number of para-hydroxylation sites is 2. The number of hydrogen-bond acceptors (Lipinski definition) is 5. The van der Waals surface area contributed by atoms with E-state index in [-0.39, 0.29) is 0 Å². The van der Waals surface area contributed by atoms with E-state index in [4.69, 9.17) is 19.7 Å². The zero-order valence-corrected chi connectivity index (χ0v) is 31.2. The van der Waals surface area contributed by atoms with E-state index in [0.717, 1.165) is 83.8 Å². The molecule has 0 unspecified atom stereocenters. The standard InChI is InChI=1S/C53H32N4O/c54-33-40-18-7-8-21-41(40)37-26-28-42-43-29-27-39(32-47(43)53(46(42)31-37)44-22-9-11-24-48(44)58-49-25-12-10-23-45(49)53)52-56-50(35-16-5-2-6-17-35)55-51(57-52)38-20-13-19-36(30-38)34-14-3-1-4-15-34/h1-32H. The van der Waals surface area contributed by atoms with Gasteiger partial charge in [-0.1, -0.05) is 158 Å². The third kappa shape index (κ3) is 5.20. The molecule has 2 aliphatic rings. The zero-order chi connectivity index (χ0) is 38.6. The molecule has 11 rings (SSSR count). The summed E-state index contributed by atoms with van der Waals surface area (Å²) >= 11 is 0. The molecule has 58 heavy (non-hydrogen) atoms. The summed E-state index contributed by atoms with van der Waals surface area (Å²) in [6.07, 6.45) is 0. The first-order valence-electron chi connectivity index (χ1n) is 19.3. The Morgan fingerprint density at radius 3 is 1.50 bits per heavy atom. The predicted molar refractivity (Wildman–Crippen MR) is 229 cm³/mol. The van der Waals surface area contributed by atoms with Crippen molar-refractivity contribution in [2.45, 2.75) is 5.41 Å². The van der Waals surface area contributed by atoms with Gasteiger partial charge in [0, 0.05) is 27.8 Å². The van der Waals surface area contributed by atoms with Crippen LogP contribution in [0.25, 0.3) is 67.5 Å². The summed E-state index contributed by atoms with van der Waals surface area (Å²) in [7, 11) is 0. The second-order valence-electron chi connectivity index (χ2n) is 14.6. The zero-order valence-electron chi connectivity index (χ0n) is 31.2. The number of hydrogen-bond donors (Lipinski definition) is 0. The molecule has 270 valence electrons. The van der Waals surface area contributed by atoms with Crippen LogP contribution in [0.15, 0.2) is 194 Å². The number of ether oxygens (including phenoxy) is 1. The van der Waals surface area contributed by atoms with Crippen LogP contribution in [0.5, 0.6) is 11.5 Å². The highest BCUT2D eigenvalue weighted by Crippen LogP contribution is 2.62. The molecule has 1 aliphatic heterocycles. The van der Waals surface area contributed by atoms with Crippen molar-refractivity contribution in [2.75, 3.05) is 0 Å². The van der Waals surface area contributed by atoms with Gasteiger partial charge in [0.2, 0.25) is 0 Å². The van der Waals surface area contributed by atoms with Gasteiger partial charge in [-0.25, -0.2) is 15.0 Å². The van der Waals surface area contributed by atoms with E-state index >= 15 is 0 Å². The Labute approximate surface area is 336 Å². The Morgan fingerprint density at radius 2 is 0.845 bits per heavy atom. The van der Waals surface area contributed by atoms with Gasteiger partial charge in [0.05, 0.1) is 17.0 Å². The first kappa shape index (κ1) is 33.4. The minimum Gasteiger partial charge on any atom is -0.457 e. The highest BCUT2D eigenvalue weighted by atomic mass is 16.5. The molecule has 0 radical (unpaired) electrons.